The van der Waals surface area contributed by atoms with E-state index < -0.39 is 14.8 Å². The summed E-state index contributed by atoms with van der Waals surface area (Å²) < 4.78 is 5.40. The third-order valence-corrected chi connectivity index (χ3v) is 9.62. The molecule has 0 heterocycles. The summed E-state index contributed by atoms with van der Waals surface area (Å²) in [6, 6.07) is 0. The van der Waals surface area contributed by atoms with Gasteiger partial charge in [-0.1, -0.05) is 0 Å². The zero-order chi connectivity index (χ0) is 10.3. The molecule has 0 aliphatic heterocycles. The van der Waals surface area contributed by atoms with Crippen molar-refractivity contribution in [2.45, 2.75) is 39.9 Å². The second kappa shape index (κ2) is 7.83. The Hall–Kier alpha value is 0.463. The quantitative estimate of drug-likeness (QED) is 0.635. The summed E-state index contributed by atoms with van der Waals surface area (Å²) in [5, 5.41) is 1.39. The Labute approximate surface area is 88.8 Å². The molecule has 0 bridgehead atoms. The molecule has 0 fully saturated rings. The first-order chi connectivity index (χ1) is 6.24. The first-order valence-electron chi connectivity index (χ1n) is 5.60. The molecule has 0 spiro atoms. The first-order valence-corrected chi connectivity index (χ1v) is 8.96. The Morgan fingerprint density at radius 3 is 1.15 bits per heavy atom. The molecule has 0 rings (SSSR count). The third kappa shape index (κ3) is 4.00. The number of rotatable bonds is 7. The van der Waals surface area contributed by atoms with E-state index in [1.807, 2.05) is 0 Å². The molecule has 13 heavy (non-hydrogen) atoms. The Kier molecular flexibility index (Phi) is 8.11. The summed E-state index contributed by atoms with van der Waals surface area (Å²) in [6.07, 6.45) is 0. The van der Waals surface area contributed by atoms with Gasteiger partial charge in [-0.05, 0) is 0 Å². The maximum absolute atomic E-state index is 2.70. The van der Waals surface area contributed by atoms with Crippen LogP contribution in [0.1, 0.15) is 34.6 Å². The SMILES string of the molecule is CC[N](CC)[Ge]([CH2]C)[N](CC)CC. The van der Waals surface area contributed by atoms with Crippen LogP contribution in [0.4, 0.5) is 0 Å². The summed E-state index contributed by atoms with van der Waals surface area (Å²) in [5.74, 6) is 0. The average molecular weight is 246 g/mol. The van der Waals surface area contributed by atoms with E-state index >= 15 is 0 Å². The third-order valence-electron chi connectivity index (χ3n) is 2.57. The number of nitrogens with zero attached hydrogens (tertiary/aromatic N) is 2. The van der Waals surface area contributed by atoms with Crippen molar-refractivity contribution >= 4 is 14.8 Å². The van der Waals surface area contributed by atoms with E-state index in [4.69, 9.17) is 0 Å². The van der Waals surface area contributed by atoms with E-state index in [9.17, 15) is 0 Å². The Bertz CT molecular complexity index is 99.5. The van der Waals surface area contributed by atoms with E-state index in [0.717, 1.165) is 0 Å². The van der Waals surface area contributed by atoms with Gasteiger partial charge in [0.1, 0.15) is 0 Å². The van der Waals surface area contributed by atoms with E-state index in [0.29, 0.717) is 0 Å². The molecule has 79 valence electrons. The fourth-order valence-electron chi connectivity index (χ4n) is 1.82. The van der Waals surface area contributed by atoms with E-state index in [-0.39, 0.29) is 0 Å². The van der Waals surface area contributed by atoms with Crippen molar-refractivity contribution in [2.75, 3.05) is 26.2 Å². The van der Waals surface area contributed by atoms with Crippen molar-refractivity contribution in [3.8, 4) is 0 Å². The fraction of sp³-hybridized carbons (Fsp3) is 1.00. The van der Waals surface area contributed by atoms with Crippen LogP contribution in [0.5, 0.6) is 0 Å². The molecule has 2 nitrogen and oxygen atoms in total. The normalized spacial score (nSPS) is 12.0. The Morgan fingerprint density at radius 1 is 0.692 bits per heavy atom. The minimum absolute atomic E-state index is 1.06. The summed E-state index contributed by atoms with van der Waals surface area (Å²) in [7, 11) is 0. The zero-order valence-electron chi connectivity index (χ0n) is 9.93. The van der Waals surface area contributed by atoms with Crippen LogP contribution in [0, 0.1) is 0 Å². The second-order valence-electron chi connectivity index (χ2n) is 3.11. The molecule has 0 unspecified atom stereocenters. The molecule has 0 saturated heterocycles. The predicted octanol–water partition coefficient (Wildman–Crippen LogP) is 2.18. The van der Waals surface area contributed by atoms with Gasteiger partial charge < -0.3 is 0 Å². The van der Waals surface area contributed by atoms with E-state index in [1.54, 1.807) is 0 Å². The molecule has 0 aliphatic carbocycles. The molecule has 0 saturated carbocycles. The predicted molar refractivity (Wildman–Crippen MR) is 62.1 cm³/mol. The van der Waals surface area contributed by atoms with Crippen LogP contribution in [0.2, 0.25) is 5.25 Å². The van der Waals surface area contributed by atoms with Crippen molar-refractivity contribution in [2.24, 2.45) is 0 Å². The van der Waals surface area contributed by atoms with Gasteiger partial charge in [-0.15, -0.1) is 0 Å². The summed E-state index contributed by atoms with van der Waals surface area (Å²) in [6.45, 7) is 16.4. The first kappa shape index (κ1) is 13.5. The van der Waals surface area contributed by atoms with Crippen LogP contribution >= 0.6 is 0 Å². The maximum atomic E-state index is 2.70. The molecule has 0 atom stereocenters. The van der Waals surface area contributed by atoms with Gasteiger partial charge in [0.25, 0.3) is 0 Å². The molecule has 1 radical (unpaired) electrons. The average Bonchev–Trinajstić information content (AvgIpc) is 2.18. The van der Waals surface area contributed by atoms with Crippen molar-refractivity contribution < 1.29 is 0 Å². The van der Waals surface area contributed by atoms with Gasteiger partial charge >= 0.3 is 88.6 Å². The van der Waals surface area contributed by atoms with Gasteiger partial charge in [0, 0.05) is 0 Å². The van der Waals surface area contributed by atoms with Crippen molar-refractivity contribution in [3.63, 3.8) is 0 Å². The van der Waals surface area contributed by atoms with Gasteiger partial charge in [0.2, 0.25) is 0 Å². The molecule has 0 aromatic rings. The van der Waals surface area contributed by atoms with Crippen LogP contribution < -0.4 is 0 Å². The second-order valence-corrected chi connectivity index (χ2v) is 9.00. The van der Waals surface area contributed by atoms with Crippen molar-refractivity contribution in [1.29, 1.82) is 0 Å². The standard InChI is InChI=1S/C10H25GeN2/c1-6-11(12(7-2)8-3)13(9-4)10-5/h6-10H2,1-5H3. The molecule has 3 heteroatoms. The summed E-state index contributed by atoms with van der Waals surface area (Å²) >= 11 is -1.06. The van der Waals surface area contributed by atoms with Crippen LogP contribution in [0.3, 0.4) is 0 Å². The molecule has 0 N–H and O–H groups in total. The van der Waals surface area contributed by atoms with Crippen LogP contribution in [-0.2, 0) is 0 Å². The molecular weight excluding hydrogens is 221 g/mol. The van der Waals surface area contributed by atoms with Gasteiger partial charge in [-0.3, -0.25) is 0 Å². The topological polar surface area (TPSA) is 6.48 Å². The minimum atomic E-state index is -1.06. The van der Waals surface area contributed by atoms with E-state index in [1.165, 1.54) is 31.4 Å². The molecule has 0 aliphatic rings. The van der Waals surface area contributed by atoms with Gasteiger partial charge in [-0.25, -0.2) is 0 Å². The Morgan fingerprint density at radius 2 is 1.00 bits per heavy atom. The molecule has 0 aromatic carbocycles. The van der Waals surface area contributed by atoms with E-state index in [2.05, 4.69) is 42.3 Å². The van der Waals surface area contributed by atoms with Gasteiger partial charge in [0.05, 0.1) is 0 Å². The number of hydrogen-bond donors (Lipinski definition) is 0. The van der Waals surface area contributed by atoms with Crippen molar-refractivity contribution in [3.05, 3.63) is 0 Å². The molecule has 0 amide bonds. The number of hydrogen-bond acceptors (Lipinski definition) is 2. The van der Waals surface area contributed by atoms with Crippen LogP contribution in [-0.4, -0.2) is 48.7 Å². The Balaban J connectivity index is 4.26. The molecular formula is C10H25GeN2. The monoisotopic (exact) mass is 247 g/mol. The fourth-order valence-corrected chi connectivity index (χ4v) is 7.60. The van der Waals surface area contributed by atoms with Gasteiger partial charge in [-0.2, -0.15) is 0 Å². The van der Waals surface area contributed by atoms with Crippen LogP contribution in [0.25, 0.3) is 0 Å². The summed E-state index contributed by atoms with van der Waals surface area (Å²) in [5.41, 5.74) is 0. The zero-order valence-corrected chi connectivity index (χ0v) is 12.0. The molecule has 0 aromatic heterocycles. The van der Waals surface area contributed by atoms with Gasteiger partial charge in [0.15, 0.2) is 0 Å². The van der Waals surface area contributed by atoms with Crippen LogP contribution in [0.15, 0.2) is 0 Å². The summed E-state index contributed by atoms with van der Waals surface area (Å²) in [4.78, 5) is 0. The van der Waals surface area contributed by atoms with Crippen molar-refractivity contribution in [1.82, 2.24) is 7.71 Å².